The van der Waals surface area contributed by atoms with E-state index in [1.807, 2.05) is 0 Å². The van der Waals surface area contributed by atoms with E-state index in [1.54, 1.807) is 6.92 Å². The number of hydrogen-bond acceptors (Lipinski definition) is 2. The van der Waals surface area contributed by atoms with Crippen LogP contribution in [0.2, 0.25) is 0 Å². The van der Waals surface area contributed by atoms with Gasteiger partial charge in [0.1, 0.15) is 5.78 Å². The predicted molar refractivity (Wildman–Crippen MR) is 66.1 cm³/mol. The van der Waals surface area contributed by atoms with Crippen molar-refractivity contribution in [1.82, 2.24) is 0 Å². The normalized spacial score (nSPS) is 9.38. The lowest BCUT2D eigenvalue weighted by atomic mass is 10.1. The molecule has 0 aromatic carbocycles. The molecule has 0 saturated carbocycles. The molecule has 0 aliphatic heterocycles. The molecule has 16 heavy (non-hydrogen) atoms. The van der Waals surface area contributed by atoms with Crippen molar-refractivity contribution >= 4 is 11.6 Å². The highest BCUT2D eigenvalue weighted by Gasteiger charge is 1.98. The Morgan fingerprint density at radius 3 is 2.31 bits per heavy atom. The summed E-state index contributed by atoms with van der Waals surface area (Å²) in [6, 6.07) is 0. The highest BCUT2D eigenvalue weighted by molar-refractivity contribution is 5.95. The quantitative estimate of drug-likeness (QED) is 0.359. The molecule has 0 rings (SSSR count). The summed E-state index contributed by atoms with van der Waals surface area (Å²) in [4.78, 5) is 21.9. The Kier molecular flexibility index (Phi) is 9.70. The Labute approximate surface area is 98.8 Å². The van der Waals surface area contributed by atoms with Crippen molar-refractivity contribution in [3.8, 4) is 11.8 Å². The van der Waals surface area contributed by atoms with E-state index in [1.165, 1.54) is 0 Å². The molecule has 0 aromatic heterocycles. The van der Waals surface area contributed by atoms with Gasteiger partial charge in [0.2, 0.25) is 5.78 Å². The molecule has 0 bridgehead atoms. The molecule has 0 aromatic rings. The van der Waals surface area contributed by atoms with Crippen LogP contribution in [0.1, 0.15) is 65.2 Å². The lowest BCUT2D eigenvalue weighted by Gasteiger charge is -1.95. The third-order valence-corrected chi connectivity index (χ3v) is 2.32. The lowest BCUT2D eigenvalue weighted by molar-refractivity contribution is -0.117. The van der Waals surface area contributed by atoms with E-state index < -0.39 is 0 Å². The topological polar surface area (TPSA) is 34.1 Å². The first-order chi connectivity index (χ1) is 7.66. The van der Waals surface area contributed by atoms with Crippen molar-refractivity contribution in [3.05, 3.63) is 0 Å². The SMILES string of the molecule is CCCCC#CC(=O)CCCCCC(C)=O. The van der Waals surface area contributed by atoms with Crippen LogP contribution in [0.4, 0.5) is 0 Å². The second kappa shape index (κ2) is 10.4. The summed E-state index contributed by atoms with van der Waals surface area (Å²) in [7, 11) is 0. The molecule has 0 saturated heterocycles. The highest BCUT2D eigenvalue weighted by Crippen LogP contribution is 2.03. The van der Waals surface area contributed by atoms with Crippen LogP contribution in [0.3, 0.4) is 0 Å². The molecule has 0 aliphatic rings. The number of rotatable bonds is 8. The second-order valence-corrected chi connectivity index (χ2v) is 4.09. The smallest absolute Gasteiger partial charge is 0.205 e. The first-order valence-electron chi connectivity index (χ1n) is 6.18. The maximum Gasteiger partial charge on any atom is 0.205 e. The van der Waals surface area contributed by atoms with Crippen LogP contribution in [-0.4, -0.2) is 11.6 Å². The maximum absolute atomic E-state index is 11.3. The summed E-state index contributed by atoms with van der Waals surface area (Å²) in [5.41, 5.74) is 0. The van der Waals surface area contributed by atoms with Gasteiger partial charge in [0, 0.05) is 19.3 Å². The maximum atomic E-state index is 11.3. The summed E-state index contributed by atoms with van der Waals surface area (Å²) in [6.45, 7) is 3.71. The van der Waals surface area contributed by atoms with Crippen LogP contribution in [0.5, 0.6) is 0 Å². The molecular formula is C14H22O2. The summed E-state index contributed by atoms with van der Waals surface area (Å²) in [6.07, 6.45) is 6.88. The Bertz CT molecular complexity index is 268. The van der Waals surface area contributed by atoms with Gasteiger partial charge in [-0.2, -0.15) is 0 Å². The predicted octanol–water partition coefficient (Wildman–Crippen LogP) is 3.29. The van der Waals surface area contributed by atoms with Crippen molar-refractivity contribution in [1.29, 1.82) is 0 Å². The van der Waals surface area contributed by atoms with E-state index >= 15 is 0 Å². The number of unbranched alkanes of at least 4 members (excludes halogenated alkanes) is 4. The van der Waals surface area contributed by atoms with Crippen LogP contribution < -0.4 is 0 Å². The molecule has 2 heteroatoms. The van der Waals surface area contributed by atoms with Gasteiger partial charge in [-0.1, -0.05) is 25.7 Å². The van der Waals surface area contributed by atoms with Gasteiger partial charge < -0.3 is 4.79 Å². The van der Waals surface area contributed by atoms with Gasteiger partial charge in [-0.05, 0) is 32.1 Å². The molecule has 0 unspecified atom stereocenters. The van der Waals surface area contributed by atoms with Crippen molar-refractivity contribution in [2.24, 2.45) is 0 Å². The average molecular weight is 222 g/mol. The number of carbonyl (C=O) groups excluding carboxylic acids is 2. The van der Waals surface area contributed by atoms with E-state index in [0.717, 1.165) is 38.5 Å². The van der Waals surface area contributed by atoms with Gasteiger partial charge >= 0.3 is 0 Å². The van der Waals surface area contributed by atoms with E-state index in [-0.39, 0.29) is 11.6 Å². The van der Waals surface area contributed by atoms with Crippen LogP contribution in [0, 0.1) is 11.8 Å². The van der Waals surface area contributed by atoms with Crippen molar-refractivity contribution in [2.45, 2.75) is 65.2 Å². The van der Waals surface area contributed by atoms with Crippen LogP contribution in [0.15, 0.2) is 0 Å². The molecule has 0 fully saturated rings. The molecule has 2 nitrogen and oxygen atoms in total. The minimum Gasteiger partial charge on any atom is -0.300 e. The van der Waals surface area contributed by atoms with E-state index in [2.05, 4.69) is 18.8 Å². The minimum absolute atomic E-state index is 0.0407. The summed E-state index contributed by atoms with van der Waals surface area (Å²) in [5, 5.41) is 0. The van der Waals surface area contributed by atoms with Gasteiger partial charge in [0.15, 0.2) is 0 Å². The number of Topliss-reactive ketones (excluding diaryl/α,β-unsaturated/α-hetero) is 2. The monoisotopic (exact) mass is 222 g/mol. The number of ketones is 2. The molecule has 0 aliphatic carbocycles. The van der Waals surface area contributed by atoms with Crippen molar-refractivity contribution < 1.29 is 9.59 Å². The minimum atomic E-state index is 0.0407. The molecular weight excluding hydrogens is 200 g/mol. The fraction of sp³-hybridized carbons (Fsp3) is 0.714. The van der Waals surface area contributed by atoms with Crippen LogP contribution >= 0.6 is 0 Å². The largest absolute Gasteiger partial charge is 0.300 e. The van der Waals surface area contributed by atoms with Crippen molar-refractivity contribution in [3.63, 3.8) is 0 Å². The Morgan fingerprint density at radius 2 is 1.69 bits per heavy atom. The Balaban J connectivity index is 3.42. The molecule has 0 amide bonds. The molecule has 0 spiro atoms. The fourth-order valence-electron chi connectivity index (χ4n) is 1.33. The fourth-order valence-corrected chi connectivity index (χ4v) is 1.33. The van der Waals surface area contributed by atoms with Gasteiger partial charge in [-0.3, -0.25) is 4.79 Å². The van der Waals surface area contributed by atoms with Gasteiger partial charge in [-0.15, -0.1) is 0 Å². The standard InChI is InChI=1S/C14H22O2/c1-3-4-5-8-11-14(16)12-9-6-7-10-13(2)15/h3-7,9-10,12H2,1-2H3. The zero-order valence-corrected chi connectivity index (χ0v) is 10.5. The molecule has 90 valence electrons. The van der Waals surface area contributed by atoms with Gasteiger partial charge in [0.05, 0.1) is 0 Å². The molecule has 0 radical (unpaired) electrons. The molecule has 0 N–H and O–H groups in total. The first-order valence-corrected chi connectivity index (χ1v) is 6.18. The summed E-state index contributed by atoms with van der Waals surface area (Å²) < 4.78 is 0. The Hall–Kier alpha value is -1.10. The first kappa shape index (κ1) is 14.9. The zero-order chi connectivity index (χ0) is 12.2. The zero-order valence-electron chi connectivity index (χ0n) is 10.5. The third kappa shape index (κ3) is 11.0. The van der Waals surface area contributed by atoms with Crippen LogP contribution in [-0.2, 0) is 9.59 Å². The lowest BCUT2D eigenvalue weighted by Crippen LogP contribution is -1.94. The third-order valence-electron chi connectivity index (χ3n) is 2.32. The molecule has 0 heterocycles. The number of carbonyl (C=O) groups is 2. The van der Waals surface area contributed by atoms with E-state index in [4.69, 9.17) is 0 Å². The van der Waals surface area contributed by atoms with E-state index in [9.17, 15) is 9.59 Å². The highest BCUT2D eigenvalue weighted by atomic mass is 16.1. The van der Waals surface area contributed by atoms with Gasteiger partial charge in [0.25, 0.3) is 0 Å². The average Bonchev–Trinajstić information content (AvgIpc) is 2.23. The molecule has 0 atom stereocenters. The summed E-state index contributed by atoms with van der Waals surface area (Å²) in [5.74, 6) is 5.82. The Morgan fingerprint density at radius 1 is 1.00 bits per heavy atom. The second-order valence-electron chi connectivity index (χ2n) is 4.09. The summed E-state index contributed by atoms with van der Waals surface area (Å²) >= 11 is 0. The van der Waals surface area contributed by atoms with Gasteiger partial charge in [-0.25, -0.2) is 0 Å². The van der Waals surface area contributed by atoms with Crippen molar-refractivity contribution in [2.75, 3.05) is 0 Å². The number of hydrogen-bond donors (Lipinski definition) is 0. The van der Waals surface area contributed by atoms with Crippen LogP contribution in [0.25, 0.3) is 0 Å². The van der Waals surface area contributed by atoms with E-state index in [0.29, 0.717) is 12.8 Å².